The molecule has 1 fully saturated rings. The monoisotopic (exact) mass is 254 g/mol. The van der Waals surface area contributed by atoms with Gasteiger partial charge in [-0.2, -0.15) is 0 Å². The number of anilines is 2. The Morgan fingerprint density at radius 1 is 1.16 bits per heavy atom. The Morgan fingerprint density at radius 2 is 1.89 bits per heavy atom. The van der Waals surface area contributed by atoms with Gasteiger partial charge in [0.1, 0.15) is 11.4 Å². The van der Waals surface area contributed by atoms with Crippen LogP contribution in [0.25, 0.3) is 0 Å². The summed E-state index contributed by atoms with van der Waals surface area (Å²) < 4.78 is 0. The number of aromatic nitrogens is 1. The van der Waals surface area contributed by atoms with Crippen molar-refractivity contribution in [2.75, 3.05) is 5.32 Å². The minimum Gasteiger partial charge on any atom is -0.478 e. The molecule has 1 aliphatic carbocycles. The number of nitrogens with one attached hydrogen (secondary N) is 1. The second-order valence-electron chi connectivity index (χ2n) is 4.70. The Hall–Kier alpha value is -2.36. The molecule has 4 nitrogen and oxygen atoms in total. The van der Waals surface area contributed by atoms with E-state index in [0.29, 0.717) is 11.7 Å². The molecule has 1 aromatic carbocycles. The van der Waals surface area contributed by atoms with Crippen molar-refractivity contribution < 1.29 is 9.90 Å². The van der Waals surface area contributed by atoms with Crippen LogP contribution >= 0.6 is 0 Å². The van der Waals surface area contributed by atoms with Crippen LogP contribution in [-0.4, -0.2) is 16.1 Å². The van der Waals surface area contributed by atoms with E-state index < -0.39 is 5.97 Å². The van der Waals surface area contributed by atoms with Crippen LogP contribution in [0.3, 0.4) is 0 Å². The maximum Gasteiger partial charge on any atom is 0.339 e. The van der Waals surface area contributed by atoms with Gasteiger partial charge in [0, 0.05) is 17.3 Å². The second kappa shape index (κ2) is 4.72. The Kier molecular flexibility index (Phi) is 2.91. The second-order valence-corrected chi connectivity index (χ2v) is 4.70. The quantitative estimate of drug-likeness (QED) is 0.877. The molecule has 0 atom stereocenters. The number of para-hydroxylation sites is 1. The van der Waals surface area contributed by atoms with Gasteiger partial charge in [0.05, 0.1) is 0 Å². The predicted molar refractivity (Wildman–Crippen MR) is 72.9 cm³/mol. The van der Waals surface area contributed by atoms with Gasteiger partial charge in [-0.1, -0.05) is 18.2 Å². The van der Waals surface area contributed by atoms with Crippen molar-refractivity contribution in [3.05, 3.63) is 53.7 Å². The summed E-state index contributed by atoms with van der Waals surface area (Å²) in [6, 6.07) is 12.9. The lowest BCUT2D eigenvalue weighted by atomic mass is 10.2. The molecular weight excluding hydrogens is 240 g/mol. The van der Waals surface area contributed by atoms with E-state index in [1.165, 1.54) is 0 Å². The Balaban J connectivity index is 1.96. The van der Waals surface area contributed by atoms with Gasteiger partial charge in [-0.3, -0.25) is 0 Å². The molecular formula is C15H14N2O2. The molecule has 3 rings (SSSR count). The number of pyridine rings is 1. The highest BCUT2D eigenvalue weighted by Gasteiger charge is 2.26. The number of benzene rings is 1. The van der Waals surface area contributed by atoms with Gasteiger partial charge < -0.3 is 10.4 Å². The average molecular weight is 254 g/mol. The van der Waals surface area contributed by atoms with Crippen molar-refractivity contribution >= 4 is 17.5 Å². The van der Waals surface area contributed by atoms with E-state index in [9.17, 15) is 9.90 Å². The molecule has 1 saturated carbocycles. The summed E-state index contributed by atoms with van der Waals surface area (Å²) in [7, 11) is 0. The van der Waals surface area contributed by atoms with Gasteiger partial charge in [-0.25, -0.2) is 9.78 Å². The van der Waals surface area contributed by atoms with Gasteiger partial charge in [0.2, 0.25) is 0 Å². The number of carboxylic acid groups (broad SMARTS) is 1. The summed E-state index contributed by atoms with van der Waals surface area (Å²) in [5.74, 6) is -0.0458. The molecule has 4 heteroatoms. The lowest BCUT2D eigenvalue weighted by molar-refractivity contribution is 0.0697. The SMILES string of the molecule is O=C(O)c1ccc(C2CC2)nc1Nc1ccccc1. The molecule has 0 unspecified atom stereocenters. The number of nitrogens with zero attached hydrogens (tertiary/aromatic N) is 1. The lowest BCUT2D eigenvalue weighted by Crippen LogP contribution is -2.06. The van der Waals surface area contributed by atoms with E-state index in [0.717, 1.165) is 24.2 Å². The van der Waals surface area contributed by atoms with Gasteiger partial charge in [0.15, 0.2) is 0 Å². The van der Waals surface area contributed by atoms with Crippen molar-refractivity contribution in [1.29, 1.82) is 0 Å². The van der Waals surface area contributed by atoms with Crippen molar-refractivity contribution in [3.63, 3.8) is 0 Å². The maximum absolute atomic E-state index is 11.2. The molecule has 19 heavy (non-hydrogen) atoms. The first-order valence-electron chi connectivity index (χ1n) is 6.30. The number of hydrogen-bond acceptors (Lipinski definition) is 3. The molecule has 0 radical (unpaired) electrons. The zero-order valence-corrected chi connectivity index (χ0v) is 10.3. The summed E-state index contributed by atoms with van der Waals surface area (Å²) in [5.41, 5.74) is 2.02. The highest BCUT2D eigenvalue weighted by molar-refractivity contribution is 5.94. The predicted octanol–water partition coefficient (Wildman–Crippen LogP) is 3.40. The first-order chi connectivity index (χ1) is 9.24. The Morgan fingerprint density at radius 3 is 2.53 bits per heavy atom. The maximum atomic E-state index is 11.2. The topological polar surface area (TPSA) is 62.2 Å². The molecule has 0 bridgehead atoms. The van der Waals surface area contributed by atoms with Crippen LogP contribution in [0.5, 0.6) is 0 Å². The molecule has 0 spiro atoms. The fraction of sp³-hybridized carbons (Fsp3) is 0.200. The van der Waals surface area contributed by atoms with Crippen LogP contribution in [0.4, 0.5) is 11.5 Å². The zero-order chi connectivity index (χ0) is 13.2. The van der Waals surface area contributed by atoms with Crippen molar-refractivity contribution in [2.45, 2.75) is 18.8 Å². The number of carboxylic acids is 1. The van der Waals surface area contributed by atoms with Crippen LogP contribution in [0.1, 0.15) is 34.8 Å². The minimum atomic E-state index is -0.965. The normalized spacial score (nSPS) is 14.1. The highest BCUT2D eigenvalue weighted by atomic mass is 16.4. The third-order valence-electron chi connectivity index (χ3n) is 3.18. The van der Waals surface area contributed by atoms with Crippen molar-refractivity contribution in [2.24, 2.45) is 0 Å². The number of hydrogen-bond donors (Lipinski definition) is 2. The van der Waals surface area contributed by atoms with Crippen LogP contribution < -0.4 is 5.32 Å². The molecule has 1 aliphatic rings. The van der Waals surface area contributed by atoms with Crippen molar-refractivity contribution in [3.8, 4) is 0 Å². The Labute approximate surface area is 111 Å². The lowest BCUT2D eigenvalue weighted by Gasteiger charge is -2.10. The fourth-order valence-electron chi connectivity index (χ4n) is 2.01. The van der Waals surface area contributed by atoms with Crippen LogP contribution in [0, 0.1) is 0 Å². The molecule has 2 aromatic rings. The molecule has 1 heterocycles. The molecule has 2 N–H and O–H groups in total. The molecule has 0 saturated heterocycles. The first-order valence-corrected chi connectivity index (χ1v) is 6.30. The molecule has 0 amide bonds. The molecule has 0 aliphatic heterocycles. The standard InChI is InChI=1S/C15H14N2O2/c18-15(19)12-8-9-13(10-6-7-10)17-14(12)16-11-4-2-1-3-5-11/h1-5,8-10H,6-7H2,(H,16,17)(H,18,19). The summed E-state index contributed by atoms with van der Waals surface area (Å²) in [6.07, 6.45) is 2.29. The minimum absolute atomic E-state index is 0.202. The third-order valence-corrected chi connectivity index (χ3v) is 3.18. The van der Waals surface area contributed by atoms with Crippen LogP contribution in [-0.2, 0) is 0 Å². The van der Waals surface area contributed by atoms with Crippen LogP contribution in [0.2, 0.25) is 0 Å². The van der Waals surface area contributed by atoms with E-state index in [1.54, 1.807) is 6.07 Å². The summed E-state index contributed by atoms with van der Waals surface area (Å²) in [4.78, 5) is 15.7. The van der Waals surface area contributed by atoms with E-state index in [1.807, 2.05) is 36.4 Å². The smallest absolute Gasteiger partial charge is 0.339 e. The summed E-state index contributed by atoms with van der Waals surface area (Å²) in [6.45, 7) is 0. The van der Waals surface area contributed by atoms with Gasteiger partial charge >= 0.3 is 5.97 Å². The van der Waals surface area contributed by atoms with E-state index in [2.05, 4.69) is 10.3 Å². The zero-order valence-electron chi connectivity index (χ0n) is 10.3. The summed E-state index contributed by atoms with van der Waals surface area (Å²) >= 11 is 0. The van der Waals surface area contributed by atoms with Crippen molar-refractivity contribution in [1.82, 2.24) is 4.98 Å². The largest absolute Gasteiger partial charge is 0.478 e. The van der Waals surface area contributed by atoms with Gasteiger partial charge in [0.25, 0.3) is 0 Å². The number of rotatable bonds is 4. The summed E-state index contributed by atoms with van der Waals surface area (Å²) in [5, 5.41) is 12.3. The molecule has 1 aromatic heterocycles. The Bertz CT molecular complexity index is 607. The third kappa shape index (κ3) is 2.57. The van der Waals surface area contributed by atoms with Crippen LogP contribution in [0.15, 0.2) is 42.5 Å². The first kappa shape index (κ1) is 11.7. The highest BCUT2D eigenvalue weighted by Crippen LogP contribution is 2.39. The van der Waals surface area contributed by atoms with Gasteiger partial charge in [-0.05, 0) is 37.1 Å². The van der Waals surface area contributed by atoms with E-state index in [-0.39, 0.29) is 5.56 Å². The van der Waals surface area contributed by atoms with Gasteiger partial charge in [-0.15, -0.1) is 0 Å². The number of carbonyl (C=O) groups is 1. The van der Waals surface area contributed by atoms with E-state index in [4.69, 9.17) is 0 Å². The van der Waals surface area contributed by atoms with E-state index >= 15 is 0 Å². The average Bonchev–Trinajstić information content (AvgIpc) is 3.24. The fourth-order valence-corrected chi connectivity index (χ4v) is 2.01. The number of aromatic carboxylic acids is 1. The molecule has 96 valence electrons.